The minimum absolute atomic E-state index is 0.135. The molecule has 4 heteroatoms. The zero-order valence-electron chi connectivity index (χ0n) is 13.1. The Morgan fingerprint density at radius 1 is 1.24 bits per heavy atom. The molecule has 0 spiro atoms. The Morgan fingerprint density at radius 3 is 2.71 bits per heavy atom. The molecule has 1 unspecified atom stereocenters. The number of aromatic nitrogens is 1. The lowest BCUT2D eigenvalue weighted by Gasteiger charge is -2.23. The molecule has 0 amide bonds. The number of nitrogens with zero attached hydrogens (tertiary/aromatic N) is 2. The summed E-state index contributed by atoms with van der Waals surface area (Å²) in [7, 11) is 4.05. The van der Waals surface area contributed by atoms with Crippen molar-refractivity contribution in [1.82, 2.24) is 4.98 Å². The van der Waals surface area contributed by atoms with Crippen LogP contribution >= 0.6 is 0 Å². The van der Waals surface area contributed by atoms with Crippen LogP contribution in [-0.2, 0) is 0 Å². The van der Waals surface area contributed by atoms with Crippen molar-refractivity contribution in [3.05, 3.63) is 48.3 Å². The van der Waals surface area contributed by atoms with Crippen LogP contribution in [0.5, 0.6) is 5.75 Å². The van der Waals surface area contributed by atoms with Gasteiger partial charge in [0.15, 0.2) is 0 Å². The molecule has 0 aliphatic carbocycles. The highest BCUT2D eigenvalue weighted by Gasteiger charge is 2.13. The van der Waals surface area contributed by atoms with Gasteiger partial charge in [-0.1, -0.05) is 18.2 Å². The van der Waals surface area contributed by atoms with Crippen molar-refractivity contribution >= 4 is 11.4 Å². The molecule has 0 fully saturated rings. The first-order valence-corrected chi connectivity index (χ1v) is 7.23. The van der Waals surface area contributed by atoms with Crippen LogP contribution in [0, 0.1) is 0 Å². The normalized spacial score (nSPS) is 11.8. The first-order valence-electron chi connectivity index (χ1n) is 7.23. The molecule has 0 saturated heterocycles. The van der Waals surface area contributed by atoms with Crippen molar-refractivity contribution in [2.45, 2.75) is 19.9 Å². The largest absolute Gasteiger partial charge is 0.494 e. The van der Waals surface area contributed by atoms with Gasteiger partial charge in [-0.15, -0.1) is 0 Å². The van der Waals surface area contributed by atoms with E-state index in [1.54, 1.807) is 6.20 Å². The number of hydrogen-bond acceptors (Lipinski definition) is 4. The maximum Gasteiger partial charge on any atom is 0.124 e. The van der Waals surface area contributed by atoms with Crippen LogP contribution in [0.25, 0.3) is 0 Å². The lowest BCUT2D eigenvalue weighted by Crippen LogP contribution is -2.15. The summed E-state index contributed by atoms with van der Waals surface area (Å²) in [5.41, 5.74) is 3.28. The van der Waals surface area contributed by atoms with E-state index >= 15 is 0 Å². The quantitative estimate of drug-likeness (QED) is 0.877. The Balaban J connectivity index is 2.24. The van der Waals surface area contributed by atoms with Crippen molar-refractivity contribution in [1.29, 1.82) is 0 Å². The fourth-order valence-electron chi connectivity index (χ4n) is 2.32. The van der Waals surface area contributed by atoms with Crippen molar-refractivity contribution in [3.63, 3.8) is 0 Å². The molecule has 0 aliphatic heterocycles. The third-order valence-electron chi connectivity index (χ3n) is 3.34. The average Bonchev–Trinajstić information content (AvgIpc) is 2.48. The van der Waals surface area contributed by atoms with E-state index in [0.717, 1.165) is 22.7 Å². The summed E-state index contributed by atoms with van der Waals surface area (Å²) >= 11 is 0. The topological polar surface area (TPSA) is 37.4 Å². The Morgan fingerprint density at radius 2 is 2.00 bits per heavy atom. The van der Waals surface area contributed by atoms with Crippen LogP contribution in [0.2, 0.25) is 0 Å². The number of anilines is 2. The second-order valence-corrected chi connectivity index (χ2v) is 5.12. The van der Waals surface area contributed by atoms with E-state index in [1.807, 2.05) is 51.5 Å². The van der Waals surface area contributed by atoms with E-state index < -0.39 is 0 Å². The summed E-state index contributed by atoms with van der Waals surface area (Å²) in [6, 6.07) is 10.3. The van der Waals surface area contributed by atoms with Gasteiger partial charge in [-0.05, 0) is 26.0 Å². The number of para-hydroxylation sites is 1. The summed E-state index contributed by atoms with van der Waals surface area (Å²) in [5, 5.41) is 3.52. The molecule has 0 bridgehead atoms. The standard InChI is InChI=1S/C17H23N3O/c1-5-21-17-9-7-6-8-14(17)13(2)19-15-12-18-11-10-16(15)20(3)4/h6-13,19H,5H2,1-4H3. The van der Waals surface area contributed by atoms with Gasteiger partial charge in [-0.3, -0.25) is 4.98 Å². The van der Waals surface area contributed by atoms with Crippen LogP contribution in [0.1, 0.15) is 25.5 Å². The molecule has 112 valence electrons. The number of pyridine rings is 1. The van der Waals surface area contributed by atoms with Gasteiger partial charge in [0.2, 0.25) is 0 Å². The van der Waals surface area contributed by atoms with Crippen molar-refractivity contribution in [2.75, 3.05) is 30.9 Å². The van der Waals surface area contributed by atoms with E-state index in [-0.39, 0.29) is 6.04 Å². The van der Waals surface area contributed by atoms with Gasteiger partial charge < -0.3 is 15.0 Å². The zero-order valence-corrected chi connectivity index (χ0v) is 13.1. The smallest absolute Gasteiger partial charge is 0.124 e. The van der Waals surface area contributed by atoms with Crippen LogP contribution < -0.4 is 15.0 Å². The molecule has 21 heavy (non-hydrogen) atoms. The predicted molar refractivity (Wildman–Crippen MR) is 88.2 cm³/mol. The second-order valence-electron chi connectivity index (χ2n) is 5.12. The molecule has 1 N–H and O–H groups in total. The van der Waals surface area contributed by atoms with Gasteiger partial charge in [0.05, 0.1) is 30.2 Å². The van der Waals surface area contributed by atoms with Gasteiger partial charge in [-0.2, -0.15) is 0 Å². The highest BCUT2D eigenvalue weighted by molar-refractivity contribution is 5.68. The van der Waals surface area contributed by atoms with E-state index in [2.05, 4.69) is 28.2 Å². The minimum atomic E-state index is 0.135. The van der Waals surface area contributed by atoms with Crippen molar-refractivity contribution in [2.24, 2.45) is 0 Å². The summed E-state index contributed by atoms with van der Waals surface area (Å²) in [6.07, 6.45) is 3.66. The number of ether oxygens (including phenoxy) is 1. The molecule has 1 atom stereocenters. The van der Waals surface area contributed by atoms with Gasteiger partial charge in [0.25, 0.3) is 0 Å². The van der Waals surface area contributed by atoms with Crippen LogP contribution in [0.15, 0.2) is 42.7 Å². The third kappa shape index (κ3) is 3.66. The fraction of sp³-hybridized carbons (Fsp3) is 0.353. The SMILES string of the molecule is CCOc1ccccc1C(C)Nc1cnccc1N(C)C. The highest BCUT2D eigenvalue weighted by atomic mass is 16.5. The molecule has 1 aromatic heterocycles. The van der Waals surface area contributed by atoms with E-state index in [1.165, 1.54) is 0 Å². The van der Waals surface area contributed by atoms with E-state index in [9.17, 15) is 0 Å². The lowest BCUT2D eigenvalue weighted by atomic mass is 10.1. The minimum Gasteiger partial charge on any atom is -0.494 e. The molecule has 2 aromatic rings. The Bertz CT molecular complexity index is 584. The first-order chi connectivity index (χ1) is 10.1. The molecular weight excluding hydrogens is 262 g/mol. The number of nitrogens with one attached hydrogen (secondary N) is 1. The number of rotatable bonds is 6. The predicted octanol–water partition coefficient (Wildman–Crippen LogP) is 3.72. The average molecular weight is 285 g/mol. The highest BCUT2D eigenvalue weighted by Crippen LogP contribution is 2.30. The molecule has 0 aliphatic rings. The molecule has 0 radical (unpaired) electrons. The lowest BCUT2D eigenvalue weighted by molar-refractivity contribution is 0.335. The van der Waals surface area contributed by atoms with Gasteiger partial charge in [-0.25, -0.2) is 0 Å². The summed E-state index contributed by atoms with van der Waals surface area (Å²) in [5.74, 6) is 0.926. The number of benzene rings is 1. The third-order valence-corrected chi connectivity index (χ3v) is 3.34. The molecule has 1 aromatic carbocycles. The van der Waals surface area contributed by atoms with Crippen molar-refractivity contribution < 1.29 is 4.74 Å². The van der Waals surface area contributed by atoms with Crippen LogP contribution in [0.3, 0.4) is 0 Å². The van der Waals surface area contributed by atoms with Crippen molar-refractivity contribution in [3.8, 4) is 5.75 Å². The molecule has 1 heterocycles. The van der Waals surface area contributed by atoms with E-state index in [4.69, 9.17) is 4.74 Å². The van der Waals surface area contributed by atoms with E-state index in [0.29, 0.717) is 6.61 Å². The monoisotopic (exact) mass is 285 g/mol. The molecular formula is C17H23N3O. The summed E-state index contributed by atoms with van der Waals surface area (Å²) in [4.78, 5) is 6.29. The number of hydrogen-bond donors (Lipinski definition) is 1. The van der Waals surface area contributed by atoms with Gasteiger partial charge in [0, 0.05) is 25.9 Å². The fourth-order valence-corrected chi connectivity index (χ4v) is 2.32. The Labute approximate surface area is 126 Å². The summed E-state index contributed by atoms with van der Waals surface area (Å²) < 4.78 is 5.71. The molecule has 4 nitrogen and oxygen atoms in total. The first kappa shape index (κ1) is 15.2. The Hall–Kier alpha value is -2.23. The van der Waals surface area contributed by atoms with Crippen LogP contribution in [0.4, 0.5) is 11.4 Å². The molecule has 0 saturated carbocycles. The van der Waals surface area contributed by atoms with Gasteiger partial charge in [0.1, 0.15) is 5.75 Å². The molecule has 2 rings (SSSR count). The van der Waals surface area contributed by atoms with Crippen LogP contribution in [-0.4, -0.2) is 25.7 Å². The zero-order chi connectivity index (χ0) is 15.2. The second kappa shape index (κ2) is 6.97. The maximum atomic E-state index is 5.71. The van der Waals surface area contributed by atoms with Gasteiger partial charge >= 0.3 is 0 Å². The Kier molecular flexibility index (Phi) is 5.04. The summed E-state index contributed by atoms with van der Waals surface area (Å²) in [6.45, 7) is 4.80. The maximum absolute atomic E-state index is 5.71.